The summed E-state index contributed by atoms with van der Waals surface area (Å²) in [7, 11) is 0. The molecule has 20 heavy (non-hydrogen) atoms. The normalized spacial score (nSPS) is 10.9. The second-order valence-corrected chi connectivity index (χ2v) is 4.52. The molecule has 1 heterocycles. The fourth-order valence-electron chi connectivity index (χ4n) is 2.09. The molecule has 0 saturated carbocycles. The lowest BCUT2D eigenvalue weighted by Crippen LogP contribution is -2.07. The second kappa shape index (κ2) is 5.28. The van der Waals surface area contributed by atoms with Gasteiger partial charge in [-0.2, -0.15) is 0 Å². The van der Waals surface area contributed by atoms with E-state index in [0.29, 0.717) is 24.5 Å². The summed E-state index contributed by atoms with van der Waals surface area (Å²) in [5.74, 6) is -0.189. The Morgan fingerprint density at radius 2 is 1.95 bits per heavy atom. The number of imidazole rings is 1. The van der Waals surface area contributed by atoms with Gasteiger partial charge in [0.15, 0.2) is 0 Å². The van der Waals surface area contributed by atoms with Gasteiger partial charge in [0.2, 0.25) is 5.95 Å². The highest BCUT2D eigenvalue weighted by atomic mass is 19.1. The number of fused-ring (bicyclic) bond motifs is 1. The first-order chi connectivity index (χ1) is 9.72. The third-order valence-corrected chi connectivity index (χ3v) is 3.08. The van der Waals surface area contributed by atoms with Gasteiger partial charge in [-0.15, -0.1) is 0 Å². The Bertz CT molecular complexity index is 704. The summed E-state index contributed by atoms with van der Waals surface area (Å²) in [4.78, 5) is 7.47. The molecule has 5 heteroatoms. The summed E-state index contributed by atoms with van der Waals surface area (Å²) in [6, 6.07) is 11.2. The molecular formula is C15H13F2N3. The molecule has 3 aromatic rings. The summed E-state index contributed by atoms with van der Waals surface area (Å²) in [5.41, 5.74) is 2.16. The summed E-state index contributed by atoms with van der Waals surface area (Å²) in [6.07, 6.45) is 0.390. The molecule has 3 rings (SSSR count). The van der Waals surface area contributed by atoms with E-state index in [0.717, 1.165) is 23.2 Å². The van der Waals surface area contributed by atoms with Crippen molar-refractivity contribution in [2.24, 2.45) is 0 Å². The smallest absolute Gasteiger partial charge is 0.201 e. The minimum atomic E-state index is -0.426. The maximum Gasteiger partial charge on any atom is 0.201 e. The van der Waals surface area contributed by atoms with Crippen molar-refractivity contribution in [3.63, 3.8) is 0 Å². The van der Waals surface area contributed by atoms with Crippen molar-refractivity contribution in [3.8, 4) is 0 Å². The molecule has 0 saturated heterocycles. The van der Waals surface area contributed by atoms with E-state index < -0.39 is 11.6 Å². The van der Waals surface area contributed by atoms with Crippen LogP contribution in [0.3, 0.4) is 0 Å². The number of rotatable bonds is 4. The molecule has 0 aliphatic heterocycles. The minimum Gasteiger partial charge on any atom is -0.355 e. The van der Waals surface area contributed by atoms with E-state index in [2.05, 4.69) is 15.3 Å². The predicted molar refractivity (Wildman–Crippen MR) is 74.6 cm³/mol. The number of para-hydroxylation sites is 2. The number of halogens is 2. The average Bonchev–Trinajstić information content (AvgIpc) is 2.85. The summed E-state index contributed by atoms with van der Waals surface area (Å²) < 4.78 is 26.5. The summed E-state index contributed by atoms with van der Waals surface area (Å²) in [5, 5.41) is 3.07. The zero-order valence-corrected chi connectivity index (χ0v) is 10.7. The predicted octanol–water partition coefficient (Wildman–Crippen LogP) is 3.50. The first-order valence-electron chi connectivity index (χ1n) is 6.35. The van der Waals surface area contributed by atoms with Gasteiger partial charge in [0.05, 0.1) is 11.0 Å². The van der Waals surface area contributed by atoms with E-state index >= 15 is 0 Å². The highest BCUT2D eigenvalue weighted by Gasteiger charge is 2.05. The molecule has 0 spiro atoms. The van der Waals surface area contributed by atoms with Crippen molar-refractivity contribution in [2.75, 3.05) is 11.9 Å². The molecule has 0 aliphatic rings. The summed E-state index contributed by atoms with van der Waals surface area (Å²) in [6.45, 7) is 0.472. The van der Waals surface area contributed by atoms with Crippen LogP contribution in [0.25, 0.3) is 11.0 Å². The van der Waals surface area contributed by atoms with Gasteiger partial charge in [-0.25, -0.2) is 13.8 Å². The first-order valence-corrected chi connectivity index (χ1v) is 6.35. The quantitative estimate of drug-likeness (QED) is 0.764. The van der Waals surface area contributed by atoms with Crippen LogP contribution in [-0.4, -0.2) is 16.5 Å². The third-order valence-electron chi connectivity index (χ3n) is 3.08. The molecule has 0 aliphatic carbocycles. The van der Waals surface area contributed by atoms with E-state index in [9.17, 15) is 8.78 Å². The molecular weight excluding hydrogens is 260 g/mol. The number of H-pyrrole nitrogens is 1. The maximum atomic E-state index is 13.4. The standard InChI is InChI=1S/C15H13F2N3/c16-11-5-6-12(17)10(9-11)7-8-18-15-19-13-3-1-2-4-14(13)20-15/h1-6,9H,7-8H2,(H2,18,19,20). The summed E-state index contributed by atoms with van der Waals surface area (Å²) >= 11 is 0. The molecule has 3 nitrogen and oxygen atoms in total. The molecule has 102 valence electrons. The monoisotopic (exact) mass is 273 g/mol. The van der Waals surface area contributed by atoms with Crippen LogP contribution in [0.15, 0.2) is 42.5 Å². The van der Waals surface area contributed by atoms with Crippen molar-refractivity contribution in [1.82, 2.24) is 9.97 Å². The van der Waals surface area contributed by atoms with E-state index in [-0.39, 0.29) is 0 Å². The lowest BCUT2D eigenvalue weighted by molar-refractivity contribution is 0.586. The Hall–Kier alpha value is -2.43. The van der Waals surface area contributed by atoms with Gasteiger partial charge >= 0.3 is 0 Å². The lowest BCUT2D eigenvalue weighted by Gasteiger charge is -2.04. The Morgan fingerprint density at radius 1 is 1.10 bits per heavy atom. The van der Waals surface area contributed by atoms with Gasteiger partial charge in [0, 0.05) is 6.54 Å². The Balaban J connectivity index is 1.66. The Morgan fingerprint density at radius 3 is 2.80 bits per heavy atom. The van der Waals surface area contributed by atoms with Crippen LogP contribution in [0.2, 0.25) is 0 Å². The van der Waals surface area contributed by atoms with E-state index in [1.54, 1.807) is 0 Å². The van der Waals surface area contributed by atoms with Crippen molar-refractivity contribution in [1.29, 1.82) is 0 Å². The van der Waals surface area contributed by atoms with Crippen LogP contribution >= 0.6 is 0 Å². The highest BCUT2D eigenvalue weighted by molar-refractivity contribution is 5.77. The number of aromatic nitrogens is 2. The van der Waals surface area contributed by atoms with Gasteiger partial charge in [0.1, 0.15) is 11.6 Å². The number of benzene rings is 2. The van der Waals surface area contributed by atoms with Crippen LogP contribution in [0.1, 0.15) is 5.56 Å². The largest absolute Gasteiger partial charge is 0.355 e. The number of hydrogen-bond acceptors (Lipinski definition) is 2. The van der Waals surface area contributed by atoms with E-state index in [1.165, 1.54) is 6.07 Å². The minimum absolute atomic E-state index is 0.355. The van der Waals surface area contributed by atoms with Crippen LogP contribution in [0.5, 0.6) is 0 Å². The fourth-order valence-corrected chi connectivity index (χ4v) is 2.09. The van der Waals surface area contributed by atoms with Gasteiger partial charge in [-0.05, 0) is 42.3 Å². The number of nitrogens with zero attached hydrogens (tertiary/aromatic N) is 1. The first kappa shape index (κ1) is 12.6. The van der Waals surface area contributed by atoms with E-state index in [1.807, 2.05) is 24.3 Å². The molecule has 0 bridgehead atoms. The number of aromatic amines is 1. The van der Waals surface area contributed by atoms with Gasteiger partial charge in [-0.3, -0.25) is 0 Å². The zero-order chi connectivity index (χ0) is 13.9. The van der Waals surface area contributed by atoms with E-state index in [4.69, 9.17) is 0 Å². The van der Waals surface area contributed by atoms with Crippen molar-refractivity contribution < 1.29 is 8.78 Å². The maximum absolute atomic E-state index is 13.4. The van der Waals surface area contributed by atoms with Crippen LogP contribution in [-0.2, 0) is 6.42 Å². The van der Waals surface area contributed by atoms with Gasteiger partial charge < -0.3 is 10.3 Å². The highest BCUT2D eigenvalue weighted by Crippen LogP contribution is 2.14. The van der Waals surface area contributed by atoms with Crippen LogP contribution in [0, 0.1) is 11.6 Å². The average molecular weight is 273 g/mol. The molecule has 0 unspecified atom stereocenters. The van der Waals surface area contributed by atoms with Crippen molar-refractivity contribution >= 4 is 17.0 Å². The molecule has 1 aromatic heterocycles. The topological polar surface area (TPSA) is 40.7 Å². The number of hydrogen-bond donors (Lipinski definition) is 2. The third kappa shape index (κ3) is 2.61. The molecule has 0 radical (unpaired) electrons. The SMILES string of the molecule is Fc1ccc(F)c(CCNc2nc3ccccc3[nH]2)c1. The molecule has 0 atom stereocenters. The van der Waals surface area contributed by atoms with Crippen molar-refractivity contribution in [2.45, 2.75) is 6.42 Å². The second-order valence-electron chi connectivity index (χ2n) is 4.52. The molecule has 2 N–H and O–H groups in total. The number of nitrogens with one attached hydrogen (secondary N) is 2. The fraction of sp³-hybridized carbons (Fsp3) is 0.133. The van der Waals surface area contributed by atoms with Crippen molar-refractivity contribution in [3.05, 3.63) is 59.7 Å². The molecule has 0 amide bonds. The van der Waals surface area contributed by atoms with Crippen LogP contribution in [0.4, 0.5) is 14.7 Å². The molecule has 2 aromatic carbocycles. The van der Waals surface area contributed by atoms with Gasteiger partial charge in [-0.1, -0.05) is 12.1 Å². The lowest BCUT2D eigenvalue weighted by atomic mass is 10.1. The van der Waals surface area contributed by atoms with Crippen LogP contribution < -0.4 is 5.32 Å². The Kier molecular flexibility index (Phi) is 3.33. The Labute approximate surface area is 114 Å². The zero-order valence-electron chi connectivity index (χ0n) is 10.7. The molecule has 0 fully saturated rings. The number of anilines is 1. The van der Waals surface area contributed by atoms with Gasteiger partial charge in [0.25, 0.3) is 0 Å².